The van der Waals surface area contributed by atoms with Crippen LogP contribution in [0.25, 0.3) is 0 Å². The van der Waals surface area contributed by atoms with E-state index in [2.05, 4.69) is 13.8 Å². The fourth-order valence-corrected chi connectivity index (χ4v) is 3.82. The number of benzene rings is 1. The average molecular weight is 268 g/mol. The second-order valence-corrected chi connectivity index (χ2v) is 5.75. The molecule has 1 aromatic rings. The molecule has 1 heterocycles. The highest BCUT2D eigenvalue weighted by Crippen LogP contribution is 2.48. The summed E-state index contributed by atoms with van der Waals surface area (Å²) in [5.74, 6) is 2.32. The number of hydrogen-bond donors (Lipinski definition) is 1. The minimum Gasteiger partial charge on any atom is -0.493 e. The molecule has 0 saturated heterocycles. The molecular weight excluding hydrogens is 248 g/mol. The summed E-state index contributed by atoms with van der Waals surface area (Å²) >= 11 is 1.81. The van der Waals surface area contributed by atoms with Gasteiger partial charge in [0.05, 0.1) is 20.3 Å². The molecule has 0 amide bonds. The Hall–Kier alpha value is -0.870. The van der Waals surface area contributed by atoms with E-state index in [9.17, 15) is 5.11 Å². The molecule has 2 unspecified atom stereocenters. The van der Waals surface area contributed by atoms with Crippen LogP contribution < -0.4 is 9.47 Å². The van der Waals surface area contributed by atoms with Crippen LogP contribution in [0.15, 0.2) is 6.07 Å². The van der Waals surface area contributed by atoms with Crippen molar-refractivity contribution in [3.63, 3.8) is 0 Å². The lowest BCUT2D eigenvalue weighted by molar-refractivity contribution is 0.164. The van der Waals surface area contributed by atoms with Gasteiger partial charge in [-0.1, -0.05) is 6.92 Å². The van der Waals surface area contributed by atoms with Gasteiger partial charge in [0.25, 0.3) is 0 Å². The zero-order chi connectivity index (χ0) is 13.3. The number of aliphatic hydroxyl groups excluding tert-OH is 1. The number of ether oxygens (including phenoxy) is 2. The van der Waals surface area contributed by atoms with E-state index in [4.69, 9.17) is 9.47 Å². The van der Waals surface area contributed by atoms with E-state index in [1.807, 2.05) is 17.8 Å². The SMILES string of the molecule is CCC1SCc2c(C)cc(OC)c(OC)c2C1O. The molecule has 4 heteroatoms. The van der Waals surface area contributed by atoms with E-state index in [1.165, 1.54) is 5.56 Å². The van der Waals surface area contributed by atoms with Crippen LogP contribution >= 0.6 is 11.8 Å². The van der Waals surface area contributed by atoms with Crippen LogP contribution in [0.5, 0.6) is 11.5 Å². The highest BCUT2D eigenvalue weighted by Gasteiger charge is 2.32. The molecule has 100 valence electrons. The molecule has 1 N–H and O–H groups in total. The van der Waals surface area contributed by atoms with Crippen molar-refractivity contribution in [3.05, 3.63) is 22.8 Å². The summed E-state index contributed by atoms with van der Waals surface area (Å²) in [4.78, 5) is 0. The number of methoxy groups -OCH3 is 2. The zero-order valence-electron chi connectivity index (χ0n) is 11.3. The van der Waals surface area contributed by atoms with Crippen molar-refractivity contribution >= 4 is 11.8 Å². The van der Waals surface area contributed by atoms with Crippen molar-refractivity contribution in [1.29, 1.82) is 0 Å². The topological polar surface area (TPSA) is 38.7 Å². The van der Waals surface area contributed by atoms with Crippen LogP contribution in [-0.4, -0.2) is 24.6 Å². The normalized spacial score (nSPS) is 22.5. The predicted molar refractivity (Wildman–Crippen MR) is 74.6 cm³/mol. The molecule has 1 aromatic carbocycles. The molecule has 0 fully saturated rings. The summed E-state index contributed by atoms with van der Waals surface area (Å²) in [6.45, 7) is 4.16. The second-order valence-electron chi connectivity index (χ2n) is 4.52. The van der Waals surface area contributed by atoms with Crippen molar-refractivity contribution in [1.82, 2.24) is 0 Å². The molecule has 1 aliphatic rings. The lowest BCUT2D eigenvalue weighted by atomic mass is 9.94. The monoisotopic (exact) mass is 268 g/mol. The van der Waals surface area contributed by atoms with Gasteiger partial charge in [-0.2, -0.15) is 11.8 Å². The van der Waals surface area contributed by atoms with Gasteiger partial charge in [-0.15, -0.1) is 0 Å². The summed E-state index contributed by atoms with van der Waals surface area (Å²) in [6.07, 6.45) is 0.470. The molecule has 0 saturated carbocycles. The molecule has 0 aliphatic carbocycles. The van der Waals surface area contributed by atoms with Gasteiger partial charge in [0.15, 0.2) is 11.5 Å². The first-order chi connectivity index (χ1) is 8.63. The highest BCUT2D eigenvalue weighted by molar-refractivity contribution is 7.99. The van der Waals surface area contributed by atoms with Crippen molar-refractivity contribution in [2.75, 3.05) is 14.2 Å². The Morgan fingerprint density at radius 3 is 2.67 bits per heavy atom. The van der Waals surface area contributed by atoms with Crippen molar-refractivity contribution in [3.8, 4) is 11.5 Å². The third-order valence-corrected chi connectivity index (χ3v) is 5.01. The van der Waals surface area contributed by atoms with Gasteiger partial charge in [0, 0.05) is 16.6 Å². The molecule has 18 heavy (non-hydrogen) atoms. The van der Waals surface area contributed by atoms with E-state index in [0.717, 1.165) is 23.3 Å². The van der Waals surface area contributed by atoms with Gasteiger partial charge in [0.2, 0.25) is 0 Å². The summed E-state index contributed by atoms with van der Waals surface area (Å²) in [5, 5.41) is 10.8. The smallest absolute Gasteiger partial charge is 0.166 e. The Morgan fingerprint density at radius 2 is 2.11 bits per heavy atom. The van der Waals surface area contributed by atoms with Gasteiger partial charge in [0.1, 0.15) is 0 Å². The van der Waals surface area contributed by atoms with Crippen molar-refractivity contribution in [2.45, 2.75) is 37.4 Å². The number of rotatable bonds is 3. The van der Waals surface area contributed by atoms with Crippen LogP contribution in [0.2, 0.25) is 0 Å². The maximum atomic E-state index is 10.5. The molecule has 1 aliphatic heterocycles. The lowest BCUT2D eigenvalue weighted by Crippen LogP contribution is -2.22. The van der Waals surface area contributed by atoms with Crippen LogP contribution in [0.1, 0.15) is 36.1 Å². The first-order valence-corrected chi connectivity index (χ1v) is 7.22. The first-order valence-electron chi connectivity index (χ1n) is 6.18. The molecule has 2 atom stereocenters. The summed E-state index contributed by atoms with van der Waals surface area (Å²) in [5.41, 5.74) is 3.26. The van der Waals surface area contributed by atoms with E-state index < -0.39 is 6.10 Å². The summed E-state index contributed by atoms with van der Waals surface area (Å²) < 4.78 is 10.8. The number of aryl methyl sites for hydroxylation is 1. The van der Waals surface area contributed by atoms with Gasteiger partial charge in [-0.25, -0.2) is 0 Å². The third-order valence-electron chi connectivity index (χ3n) is 3.53. The zero-order valence-corrected chi connectivity index (χ0v) is 12.1. The Balaban J connectivity index is 2.61. The van der Waals surface area contributed by atoms with Crippen LogP contribution in [-0.2, 0) is 5.75 Å². The quantitative estimate of drug-likeness (QED) is 0.914. The Labute approximate surface area is 112 Å². The molecule has 2 rings (SSSR count). The van der Waals surface area contributed by atoms with E-state index in [1.54, 1.807) is 14.2 Å². The lowest BCUT2D eigenvalue weighted by Gasteiger charge is -2.32. The molecule has 3 nitrogen and oxygen atoms in total. The maximum Gasteiger partial charge on any atom is 0.166 e. The van der Waals surface area contributed by atoms with E-state index in [0.29, 0.717) is 11.5 Å². The van der Waals surface area contributed by atoms with Gasteiger partial charge < -0.3 is 14.6 Å². The highest BCUT2D eigenvalue weighted by atomic mass is 32.2. The van der Waals surface area contributed by atoms with E-state index >= 15 is 0 Å². The standard InChI is InChI=1S/C14H20O3S/c1-5-11-13(15)12-9(7-18-11)8(2)6-10(16-3)14(12)17-4/h6,11,13,15H,5,7H2,1-4H3. The molecule has 0 aromatic heterocycles. The molecular formula is C14H20O3S. The minimum atomic E-state index is -0.479. The summed E-state index contributed by atoms with van der Waals surface area (Å²) in [6, 6.07) is 1.98. The molecule has 0 bridgehead atoms. The predicted octanol–water partition coefficient (Wildman–Crippen LogP) is 3.07. The summed E-state index contributed by atoms with van der Waals surface area (Å²) in [7, 11) is 3.26. The first kappa shape index (κ1) is 13.6. The fraction of sp³-hybridized carbons (Fsp3) is 0.571. The number of aliphatic hydroxyl groups is 1. The molecule has 0 radical (unpaired) electrons. The van der Waals surface area contributed by atoms with Crippen molar-refractivity contribution in [2.24, 2.45) is 0 Å². The minimum absolute atomic E-state index is 0.234. The molecule has 0 spiro atoms. The Kier molecular flexibility index (Phi) is 4.07. The maximum absolute atomic E-state index is 10.5. The number of thioether (sulfide) groups is 1. The van der Waals surface area contributed by atoms with E-state index in [-0.39, 0.29) is 5.25 Å². The van der Waals surface area contributed by atoms with Crippen LogP contribution in [0, 0.1) is 6.92 Å². The fourth-order valence-electron chi connectivity index (χ4n) is 2.51. The van der Waals surface area contributed by atoms with Gasteiger partial charge in [-0.3, -0.25) is 0 Å². The number of fused-ring (bicyclic) bond motifs is 1. The van der Waals surface area contributed by atoms with Crippen molar-refractivity contribution < 1.29 is 14.6 Å². The van der Waals surface area contributed by atoms with Crippen LogP contribution in [0.4, 0.5) is 0 Å². The van der Waals surface area contributed by atoms with Gasteiger partial charge >= 0.3 is 0 Å². The Morgan fingerprint density at radius 1 is 1.39 bits per heavy atom. The largest absolute Gasteiger partial charge is 0.493 e. The second kappa shape index (κ2) is 5.41. The third kappa shape index (κ3) is 2.08. The average Bonchev–Trinajstić information content (AvgIpc) is 2.39. The number of hydrogen-bond acceptors (Lipinski definition) is 4. The van der Waals surface area contributed by atoms with Crippen LogP contribution in [0.3, 0.4) is 0 Å². The van der Waals surface area contributed by atoms with Gasteiger partial charge in [-0.05, 0) is 30.5 Å². The Bertz CT molecular complexity index is 445.